The van der Waals surface area contributed by atoms with Crippen LogP contribution < -0.4 is 16.0 Å². The first-order chi connectivity index (χ1) is 16.1. The van der Waals surface area contributed by atoms with Gasteiger partial charge in [-0.1, -0.05) is 35.4 Å². The highest BCUT2D eigenvalue weighted by Crippen LogP contribution is 2.44. The Hall–Kier alpha value is -0.970. The van der Waals surface area contributed by atoms with E-state index in [4.69, 9.17) is 9.47 Å². The van der Waals surface area contributed by atoms with E-state index < -0.39 is 5.60 Å². The highest BCUT2D eigenvalue weighted by atomic mass is 33.1. The number of carbonyl (C=O) groups is 3. The van der Waals surface area contributed by atoms with Crippen LogP contribution in [-0.4, -0.2) is 73.8 Å². The van der Waals surface area contributed by atoms with E-state index in [2.05, 4.69) is 43.6 Å². The Morgan fingerprint density at radius 2 is 1.54 bits per heavy atom. The Balaban J connectivity index is 4.05. The van der Waals surface area contributed by atoms with E-state index in [0.29, 0.717) is 45.4 Å². The molecule has 0 spiro atoms. The van der Waals surface area contributed by atoms with Gasteiger partial charge in [0.25, 0.3) is 0 Å². The normalized spacial score (nSPS) is 13.3. The molecule has 0 fully saturated rings. The summed E-state index contributed by atoms with van der Waals surface area (Å²) in [6.07, 6.45) is 2.57. The molecule has 0 rings (SSSR count). The van der Waals surface area contributed by atoms with Gasteiger partial charge in [-0.2, -0.15) is 0 Å². The van der Waals surface area contributed by atoms with Crippen LogP contribution in [0.25, 0.3) is 0 Å². The van der Waals surface area contributed by atoms with Crippen LogP contribution >= 0.6 is 21.6 Å². The van der Waals surface area contributed by atoms with Gasteiger partial charge in [-0.25, -0.2) is 0 Å². The van der Waals surface area contributed by atoms with Gasteiger partial charge in [0, 0.05) is 50.6 Å². The zero-order valence-electron chi connectivity index (χ0n) is 23.3. The predicted molar refractivity (Wildman–Crippen MR) is 148 cm³/mol. The molecule has 0 saturated carbocycles. The van der Waals surface area contributed by atoms with Gasteiger partial charge in [0.1, 0.15) is 0 Å². The second-order valence-electron chi connectivity index (χ2n) is 10.9. The van der Waals surface area contributed by atoms with Gasteiger partial charge in [0.05, 0.1) is 24.7 Å². The van der Waals surface area contributed by atoms with Gasteiger partial charge >= 0.3 is 0 Å². The fraction of sp³-hybridized carbons (Fsp3) is 0.880. The van der Waals surface area contributed by atoms with Crippen LogP contribution in [0.3, 0.4) is 0 Å². The molecule has 0 aliphatic heterocycles. The summed E-state index contributed by atoms with van der Waals surface area (Å²) >= 11 is 0. The van der Waals surface area contributed by atoms with E-state index >= 15 is 0 Å². The maximum absolute atomic E-state index is 12.2. The van der Waals surface area contributed by atoms with Crippen LogP contribution in [0.4, 0.5) is 0 Å². The minimum absolute atomic E-state index is 0.0184. The van der Waals surface area contributed by atoms with E-state index in [0.717, 1.165) is 12.2 Å². The van der Waals surface area contributed by atoms with Crippen LogP contribution in [0.1, 0.15) is 80.6 Å². The summed E-state index contributed by atoms with van der Waals surface area (Å²) in [4.78, 5) is 35.2. The maximum atomic E-state index is 12.2. The van der Waals surface area contributed by atoms with Gasteiger partial charge in [0.2, 0.25) is 17.7 Å². The number of amides is 3. The second-order valence-corrected chi connectivity index (χ2v) is 14.0. The smallest absolute Gasteiger partial charge is 0.222 e. The molecule has 1 unspecified atom stereocenters. The van der Waals surface area contributed by atoms with Crippen molar-refractivity contribution in [3.05, 3.63) is 0 Å². The molecule has 0 aromatic carbocycles. The van der Waals surface area contributed by atoms with Crippen LogP contribution in [0.5, 0.6) is 0 Å². The summed E-state index contributed by atoms with van der Waals surface area (Å²) in [6.45, 7) is 15.9. The molecule has 0 radical (unpaired) electrons. The van der Waals surface area contributed by atoms with Crippen molar-refractivity contribution in [3.63, 3.8) is 0 Å². The monoisotopic (exact) mass is 535 g/mol. The summed E-state index contributed by atoms with van der Waals surface area (Å²) in [6, 6.07) is 0. The number of hydrogen-bond donors (Lipinski definition) is 3. The molecule has 8 nitrogen and oxygen atoms in total. The Kier molecular flexibility index (Phi) is 16.2. The first kappa shape index (κ1) is 34.0. The van der Waals surface area contributed by atoms with Crippen molar-refractivity contribution in [2.45, 2.75) is 97.0 Å². The van der Waals surface area contributed by atoms with Crippen molar-refractivity contribution in [3.8, 4) is 0 Å². The third-order valence-corrected chi connectivity index (χ3v) is 8.59. The number of nitrogens with one attached hydrogen (secondary N) is 3. The lowest BCUT2D eigenvalue weighted by Crippen LogP contribution is -2.32. The molecule has 35 heavy (non-hydrogen) atoms. The van der Waals surface area contributed by atoms with E-state index in [1.807, 2.05) is 20.8 Å². The Labute approximate surface area is 221 Å². The molecule has 3 N–H and O–H groups in total. The Morgan fingerprint density at radius 1 is 0.914 bits per heavy atom. The summed E-state index contributed by atoms with van der Waals surface area (Å²) in [5.74, 6) is 0.820. The van der Waals surface area contributed by atoms with Gasteiger partial charge < -0.3 is 25.4 Å². The molecule has 3 amide bonds. The number of hydrogen-bond acceptors (Lipinski definition) is 7. The molecule has 0 aliphatic carbocycles. The lowest BCUT2D eigenvalue weighted by atomic mass is 9.80. The van der Waals surface area contributed by atoms with Crippen LogP contribution in [0.15, 0.2) is 0 Å². The fourth-order valence-electron chi connectivity index (χ4n) is 3.72. The largest absolute Gasteiger partial charge is 0.378 e. The quantitative estimate of drug-likeness (QED) is 0.170. The molecule has 0 aromatic heterocycles. The molecular formula is C25H49N3O5S2. The molecular weight excluding hydrogens is 486 g/mol. The molecule has 0 heterocycles. The lowest BCUT2D eigenvalue weighted by Gasteiger charge is -2.33. The highest BCUT2D eigenvalue weighted by molar-refractivity contribution is 8.77. The fourth-order valence-corrected chi connectivity index (χ4v) is 6.39. The van der Waals surface area contributed by atoms with Gasteiger partial charge in [-0.05, 0) is 52.9 Å². The Bertz CT molecular complexity index is 657. The van der Waals surface area contributed by atoms with Gasteiger partial charge in [-0.15, -0.1) is 0 Å². The number of rotatable bonds is 19. The molecule has 1 atom stereocenters. The van der Waals surface area contributed by atoms with E-state index in [1.165, 1.54) is 0 Å². The SMILES string of the molecule is CNC(=O)CCOC(C)(C)CCOC(C)CC(=O)NCCSSC(C)(C)CC(C)(C)CC(=O)NC. The maximum Gasteiger partial charge on any atom is 0.222 e. The number of carbonyl (C=O) groups excluding carboxylic acids is 3. The van der Waals surface area contributed by atoms with Gasteiger partial charge in [0.15, 0.2) is 0 Å². The molecule has 206 valence electrons. The van der Waals surface area contributed by atoms with Crippen molar-refractivity contribution >= 4 is 39.3 Å². The van der Waals surface area contributed by atoms with Crippen LogP contribution in [0, 0.1) is 5.41 Å². The van der Waals surface area contributed by atoms with Crippen molar-refractivity contribution < 1.29 is 23.9 Å². The first-order valence-electron chi connectivity index (χ1n) is 12.4. The summed E-state index contributed by atoms with van der Waals surface area (Å²) in [5, 5.41) is 8.24. The lowest BCUT2D eigenvalue weighted by molar-refractivity contribution is -0.124. The number of ether oxygens (including phenoxy) is 2. The summed E-state index contributed by atoms with van der Waals surface area (Å²) < 4.78 is 11.6. The van der Waals surface area contributed by atoms with E-state index in [-0.39, 0.29) is 34.0 Å². The molecule has 0 saturated heterocycles. The van der Waals surface area contributed by atoms with Crippen molar-refractivity contribution in [2.75, 3.05) is 39.6 Å². The van der Waals surface area contributed by atoms with Crippen LogP contribution in [-0.2, 0) is 23.9 Å². The molecule has 10 heteroatoms. The minimum Gasteiger partial charge on any atom is -0.378 e. The Morgan fingerprint density at radius 3 is 2.14 bits per heavy atom. The standard InChI is InChI=1S/C25H49N3O5S2/c1-19(32-14-11-24(4,5)33-13-10-20(29)26-8)16-21(30)28-12-15-34-35-25(6,7)18-23(2,3)17-22(31)27-9/h19H,10-18H2,1-9H3,(H,26,29)(H,27,31)(H,28,30). The molecule has 0 aromatic rings. The first-order valence-corrected chi connectivity index (χ1v) is 14.7. The zero-order valence-corrected chi connectivity index (χ0v) is 24.9. The third-order valence-electron chi connectivity index (χ3n) is 5.29. The molecule has 0 aliphatic rings. The second kappa shape index (κ2) is 16.7. The topological polar surface area (TPSA) is 106 Å². The molecule has 0 bridgehead atoms. The zero-order chi connectivity index (χ0) is 27.1. The van der Waals surface area contributed by atoms with Crippen LogP contribution in [0.2, 0.25) is 0 Å². The van der Waals surface area contributed by atoms with E-state index in [9.17, 15) is 14.4 Å². The van der Waals surface area contributed by atoms with Gasteiger partial charge in [-0.3, -0.25) is 14.4 Å². The minimum atomic E-state index is -0.393. The van der Waals surface area contributed by atoms with Crippen molar-refractivity contribution in [2.24, 2.45) is 5.41 Å². The summed E-state index contributed by atoms with van der Waals surface area (Å²) in [5.41, 5.74) is -0.468. The van der Waals surface area contributed by atoms with E-state index in [1.54, 1.807) is 35.7 Å². The highest BCUT2D eigenvalue weighted by Gasteiger charge is 2.31. The average Bonchev–Trinajstić information content (AvgIpc) is 2.71. The third kappa shape index (κ3) is 18.9. The van der Waals surface area contributed by atoms with Crippen molar-refractivity contribution in [1.82, 2.24) is 16.0 Å². The van der Waals surface area contributed by atoms with Crippen molar-refractivity contribution in [1.29, 1.82) is 0 Å². The summed E-state index contributed by atoms with van der Waals surface area (Å²) in [7, 11) is 6.83. The average molecular weight is 536 g/mol. The predicted octanol–water partition coefficient (Wildman–Crippen LogP) is 3.93.